The number of nitriles is 1. The standard InChI is InChI=1S/C23H27FN6O2/c24-17-5-1-15(2-6-17)13-27-18-7-9-23(10-8-18,11-12-25)30-14-19(20(26)31)21(29-30)28-22(32)16-3-4-16/h1-2,5-6,14,16,18,27H,3-4,7-11,13H2,(H2,26,31)(H,28,29,32)/t18-,23+. The van der Waals surface area contributed by atoms with Gasteiger partial charge in [-0.05, 0) is 56.2 Å². The third-order valence-electron chi connectivity index (χ3n) is 6.49. The maximum absolute atomic E-state index is 13.1. The number of anilines is 1. The van der Waals surface area contributed by atoms with Crippen molar-refractivity contribution in [3.8, 4) is 6.07 Å². The molecule has 2 aliphatic carbocycles. The third kappa shape index (κ3) is 4.81. The first-order valence-corrected chi connectivity index (χ1v) is 11.0. The van der Waals surface area contributed by atoms with Gasteiger partial charge in [0.15, 0.2) is 5.82 Å². The molecule has 1 aromatic heterocycles. The summed E-state index contributed by atoms with van der Waals surface area (Å²) in [6.45, 7) is 0.640. The van der Waals surface area contributed by atoms with Gasteiger partial charge in [0.05, 0.1) is 18.0 Å². The van der Waals surface area contributed by atoms with E-state index in [1.54, 1.807) is 23.0 Å². The van der Waals surface area contributed by atoms with Gasteiger partial charge >= 0.3 is 0 Å². The second-order valence-electron chi connectivity index (χ2n) is 8.80. The molecule has 0 radical (unpaired) electrons. The summed E-state index contributed by atoms with van der Waals surface area (Å²) in [7, 11) is 0. The summed E-state index contributed by atoms with van der Waals surface area (Å²) >= 11 is 0. The number of hydrogen-bond donors (Lipinski definition) is 3. The molecule has 0 saturated heterocycles. The summed E-state index contributed by atoms with van der Waals surface area (Å²) in [6.07, 6.45) is 6.50. The second kappa shape index (κ2) is 9.09. The van der Waals surface area contributed by atoms with E-state index in [4.69, 9.17) is 5.73 Å². The summed E-state index contributed by atoms with van der Waals surface area (Å²) in [5.41, 5.74) is 6.14. The van der Waals surface area contributed by atoms with Crippen LogP contribution in [0.4, 0.5) is 10.2 Å². The molecule has 32 heavy (non-hydrogen) atoms. The first kappa shape index (κ1) is 22.0. The number of aromatic nitrogens is 2. The van der Waals surface area contributed by atoms with Crippen LogP contribution >= 0.6 is 0 Å². The lowest BCUT2D eigenvalue weighted by molar-refractivity contribution is -0.117. The largest absolute Gasteiger partial charge is 0.365 e. The van der Waals surface area contributed by atoms with E-state index >= 15 is 0 Å². The fraction of sp³-hybridized carbons (Fsp3) is 0.478. The van der Waals surface area contributed by atoms with Crippen molar-refractivity contribution in [3.63, 3.8) is 0 Å². The van der Waals surface area contributed by atoms with Gasteiger partial charge in [-0.15, -0.1) is 0 Å². The monoisotopic (exact) mass is 438 g/mol. The number of nitrogens with one attached hydrogen (secondary N) is 2. The Morgan fingerprint density at radius 2 is 1.91 bits per heavy atom. The molecule has 0 spiro atoms. The molecule has 0 atom stereocenters. The fourth-order valence-corrected chi connectivity index (χ4v) is 4.31. The van der Waals surface area contributed by atoms with Crippen LogP contribution in [0.3, 0.4) is 0 Å². The fourth-order valence-electron chi connectivity index (χ4n) is 4.31. The molecule has 2 aromatic rings. The van der Waals surface area contributed by atoms with Crippen molar-refractivity contribution in [3.05, 3.63) is 47.4 Å². The van der Waals surface area contributed by atoms with Crippen LogP contribution in [0.2, 0.25) is 0 Å². The number of halogens is 1. The second-order valence-corrected chi connectivity index (χ2v) is 8.80. The molecule has 9 heteroatoms. The molecule has 0 aliphatic heterocycles. The third-order valence-corrected chi connectivity index (χ3v) is 6.49. The van der Waals surface area contributed by atoms with E-state index in [0.717, 1.165) is 31.2 Å². The summed E-state index contributed by atoms with van der Waals surface area (Å²) in [4.78, 5) is 24.2. The Morgan fingerprint density at radius 3 is 2.50 bits per heavy atom. The predicted molar refractivity (Wildman–Crippen MR) is 116 cm³/mol. The highest BCUT2D eigenvalue weighted by atomic mass is 19.1. The Hall–Kier alpha value is -3.25. The Morgan fingerprint density at radius 1 is 1.22 bits per heavy atom. The number of nitrogens with two attached hydrogens (primary N) is 1. The number of benzene rings is 1. The molecule has 1 aromatic carbocycles. The average molecular weight is 439 g/mol. The van der Waals surface area contributed by atoms with Crippen molar-refractivity contribution >= 4 is 17.6 Å². The minimum absolute atomic E-state index is 0.0310. The molecule has 2 fully saturated rings. The van der Waals surface area contributed by atoms with Gasteiger partial charge in [-0.1, -0.05) is 12.1 Å². The number of carbonyl (C=O) groups is 2. The topological polar surface area (TPSA) is 126 Å². The number of primary amides is 1. The number of nitrogens with zero attached hydrogens (tertiary/aromatic N) is 3. The molecule has 2 saturated carbocycles. The molecule has 8 nitrogen and oxygen atoms in total. The van der Waals surface area contributed by atoms with Crippen LogP contribution in [0.1, 0.15) is 60.9 Å². The van der Waals surface area contributed by atoms with Crippen molar-refractivity contribution < 1.29 is 14.0 Å². The lowest BCUT2D eigenvalue weighted by Gasteiger charge is -2.39. The van der Waals surface area contributed by atoms with Crippen molar-refractivity contribution in [2.24, 2.45) is 11.7 Å². The van der Waals surface area contributed by atoms with Crippen molar-refractivity contribution in [2.45, 2.75) is 63.1 Å². The lowest BCUT2D eigenvalue weighted by atomic mass is 9.77. The SMILES string of the molecule is N#CC[C@]1(n2cc(C(N)=O)c(NC(=O)C3CC3)n2)CC[C@@H](NCc2ccc(F)cc2)CC1. The molecule has 2 aliphatic rings. The van der Waals surface area contributed by atoms with Crippen molar-refractivity contribution in [1.82, 2.24) is 15.1 Å². The minimum Gasteiger partial charge on any atom is -0.365 e. The van der Waals surface area contributed by atoms with Crippen LogP contribution in [-0.4, -0.2) is 27.6 Å². The Balaban J connectivity index is 1.46. The average Bonchev–Trinajstić information content (AvgIpc) is 3.54. The molecule has 4 rings (SSSR count). The quantitative estimate of drug-likeness (QED) is 0.584. The molecular formula is C23H27FN6O2. The Labute approximate surface area is 186 Å². The van der Waals surface area contributed by atoms with Gasteiger partial charge in [-0.25, -0.2) is 4.39 Å². The molecule has 1 heterocycles. The molecule has 0 unspecified atom stereocenters. The minimum atomic E-state index is -0.663. The predicted octanol–water partition coefficient (Wildman–Crippen LogP) is 2.81. The van der Waals surface area contributed by atoms with Crippen LogP contribution in [0.5, 0.6) is 0 Å². The zero-order valence-electron chi connectivity index (χ0n) is 17.8. The number of rotatable bonds is 8. The summed E-state index contributed by atoms with van der Waals surface area (Å²) in [5, 5.41) is 20.2. The van der Waals surface area contributed by atoms with Gasteiger partial charge in [-0.2, -0.15) is 10.4 Å². The van der Waals surface area contributed by atoms with Gasteiger partial charge in [0.25, 0.3) is 5.91 Å². The van der Waals surface area contributed by atoms with Crippen LogP contribution in [0.25, 0.3) is 0 Å². The molecule has 4 N–H and O–H groups in total. The van der Waals surface area contributed by atoms with Gasteiger partial charge in [0.2, 0.25) is 5.91 Å². The van der Waals surface area contributed by atoms with E-state index in [9.17, 15) is 19.2 Å². The molecule has 0 bridgehead atoms. The zero-order valence-corrected chi connectivity index (χ0v) is 17.8. The van der Waals surface area contributed by atoms with E-state index in [0.29, 0.717) is 19.4 Å². The van der Waals surface area contributed by atoms with Gasteiger partial charge < -0.3 is 16.4 Å². The van der Waals surface area contributed by atoms with E-state index in [-0.39, 0.29) is 41.5 Å². The molecule has 2 amide bonds. The first-order chi connectivity index (χ1) is 15.4. The van der Waals surface area contributed by atoms with E-state index in [1.165, 1.54) is 12.1 Å². The lowest BCUT2D eigenvalue weighted by Crippen LogP contribution is -2.43. The Bertz CT molecular complexity index is 1030. The zero-order chi connectivity index (χ0) is 22.7. The summed E-state index contributed by atoms with van der Waals surface area (Å²) < 4.78 is 14.7. The number of carbonyl (C=O) groups excluding carboxylic acids is 2. The van der Waals surface area contributed by atoms with E-state index < -0.39 is 11.4 Å². The van der Waals surface area contributed by atoms with Gasteiger partial charge in [0, 0.05) is 24.7 Å². The highest BCUT2D eigenvalue weighted by molar-refractivity contribution is 6.02. The van der Waals surface area contributed by atoms with Gasteiger partial charge in [0.1, 0.15) is 11.4 Å². The smallest absolute Gasteiger partial charge is 0.254 e. The molecule has 168 valence electrons. The summed E-state index contributed by atoms with van der Waals surface area (Å²) in [6, 6.07) is 8.94. The van der Waals surface area contributed by atoms with Crippen molar-refractivity contribution in [2.75, 3.05) is 5.32 Å². The first-order valence-electron chi connectivity index (χ1n) is 11.0. The highest BCUT2D eigenvalue weighted by Gasteiger charge is 2.39. The normalized spacial score (nSPS) is 22.8. The maximum atomic E-state index is 13.1. The summed E-state index contributed by atoms with van der Waals surface area (Å²) in [5.74, 6) is -0.931. The molecular weight excluding hydrogens is 411 g/mol. The van der Waals surface area contributed by atoms with Crippen LogP contribution in [0.15, 0.2) is 30.5 Å². The van der Waals surface area contributed by atoms with E-state index in [1.807, 2.05) is 0 Å². The van der Waals surface area contributed by atoms with Gasteiger partial charge in [-0.3, -0.25) is 14.3 Å². The Kier molecular flexibility index (Phi) is 6.24. The number of amides is 2. The van der Waals surface area contributed by atoms with Crippen molar-refractivity contribution in [1.29, 1.82) is 5.26 Å². The highest BCUT2D eigenvalue weighted by Crippen LogP contribution is 2.39. The van der Waals surface area contributed by atoms with E-state index in [2.05, 4.69) is 21.8 Å². The van der Waals surface area contributed by atoms with Crippen LogP contribution in [-0.2, 0) is 16.9 Å². The van der Waals surface area contributed by atoms with Crippen LogP contribution in [0, 0.1) is 23.1 Å². The van der Waals surface area contributed by atoms with Crippen LogP contribution < -0.4 is 16.4 Å². The number of hydrogen-bond acceptors (Lipinski definition) is 5. The maximum Gasteiger partial charge on any atom is 0.254 e.